The van der Waals surface area contributed by atoms with Gasteiger partial charge in [0.1, 0.15) is 6.04 Å². The number of halogens is 1. The third-order valence-electron chi connectivity index (χ3n) is 2.15. The molecule has 1 N–H and O–H groups in total. The molecule has 1 rings (SSSR count). The molecule has 0 heterocycles. The van der Waals surface area contributed by atoms with E-state index in [1.54, 1.807) is 18.8 Å². The zero-order chi connectivity index (χ0) is 12.7. The molecule has 0 aliphatic carbocycles. The van der Waals surface area contributed by atoms with Crippen molar-refractivity contribution in [1.82, 2.24) is 5.32 Å². The van der Waals surface area contributed by atoms with Gasteiger partial charge in [-0.05, 0) is 38.2 Å². The van der Waals surface area contributed by atoms with E-state index in [4.69, 9.17) is 4.74 Å². The molecule has 1 aromatic rings. The minimum atomic E-state index is -0.261. The van der Waals surface area contributed by atoms with E-state index >= 15 is 0 Å². The van der Waals surface area contributed by atoms with Crippen LogP contribution in [0.5, 0.6) is 0 Å². The highest BCUT2D eigenvalue weighted by Crippen LogP contribution is 2.21. The predicted molar refractivity (Wildman–Crippen MR) is 74.3 cm³/mol. The lowest BCUT2D eigenvalue weighted by Gasteiger charge is -2.14. The largest absolute Gasteiger partial charge is 0.465 e. The van der Waals surface area contributed by atoms with E-state index in [2.05, 4.69) is 21.2 Å². The number of carbonyl (C=O) groups excluding carboxylic acids is 1. The van der Waals surface area contributed by atoms with Crippen molar-refractivity contribution in [3.8, 4) is 0 Å². The van der Waals surface area contributed by atoms with Gasteiger partial charge in [-0.15, -0.1) is 11.8 Å². The van der Waals surface area contributed by atoms with Crippen molar-refractivity contribution in [2.45, 2.75) is 17.9 Å². The fraction of sp³-hybridized carbons (Fsp3) is 0.417. The summed E-state index contributed by atoms with van der Waals surface area (Å²) in [6.45, 7) is 2.23. The van der Waals surface area contributed by atoms with E-state index in [1.807, 2.05) is 31.2 Å². The number of likely N-dealkylation sites (N-methyl/N-ethyl adjacent to an activating group) is 1. The molecule has 0 fully saturated rings. The van der Waals surface area contributed by atoms with Gasteiger partial charge in [-0.2, -0.15) is 0 Å². The minimum absolute atomic E-state index is 0.195. The second-order valence-electron chi connectivity index (χ2n) is 3.36. The van der Waals surface area contributed by atoms with Crippen molar-refractivity contribution >= 4 is 33.7 Å². The van der Waals surface area contributed by atoms with Crippen LogP contribution in [0.2, 0.25) is 0 Å². The molecule has 0 aromatic heterocycles. The lowest BCUT2D eigenvalue weighted by Crippen LogP contribution is -2.37. The zero-order valence-corrected chi connectivity index (χ0v) is 12.3. The number of benzene rings is 1. The Hall–Kier alpha value is -0.520. The number of carbonyl (C=O) groups is 1. The summed E-state index contributed by atoms with van der Waals surface area (Å²) in [5.41, 5.74) is 0. The van der Waals surface area contributed by atoms with Crippen LogP contribution >= 0.6 is 27.7 Å². The number of esters is 1. The Bertz CT molecular complexity index is 356. The van der Waals surface area contributed by atoms with E-state index in [0.29, 0.717) is 12.4 Å². The van der Waals surface area contributed by atoms with Crippen LogP contribution in [0.25, 0.3) is 0 Å². The molecule has 0 spiro atoms. The Morgan fingerprint density at radius 2 is 2.12 bits per heavy atom. The Morgan fingerprint density at radius 1 is 1.47 bits per heavy atom. The molecule has 0 saturated heterocycles. The Labute approximate surface area is 114 Å². The highest BCUT2D eigenvalue weighted by molar-refractivity contribution is 9.10. The van der Waals surface area contributed by atoms with Crippen LogP contribution in [0, 0.1) is 0 Å². The van der Waals surface area contributed by atoms with Crippen molar-refractivity contribution in [2.24, 2.45) is 0 Å². The first-order valence-electron chi connectivity index (χ1n) is 5.39. The fourth-order valence-corrected chi connectivity index (χ4v) is 2.48. The summed E-state index contributed by atoms with van der Waals surface area (Å²) in [6, 6.07) is 7.75. The maximum absolute atomic E-state index is 11.5. The molecular weight excluding hydrogens is 302 g/mol. The van der Waals surface area contributed by atoms with E-state index < -0.39 is 0 Å². The summed E-state index contributed by atoms with van der Waals surface area (Å²) in [6.07, 6.45) is 0. The van der Waals surface area contributed by atoms with Gasteiger partial charge in [-0.1, -0.05) is 15.9 Å². The molecule has 5 heteroatoms. The summed E-state index contributed by atoms with van der Waals surface area (Å²) in [5.74, 6) is 0.469. The molecule has 1 aromatic carbocycles. The molecule has 0 saturated carbocycles. The van der Waals surface area contributed by atoms with Crippen LogP contribution in [0.3, 0.4) is 0 Å². The van der Waals surface area contributed by atoms with Crippen LogP contribution in [0.1, 0.15) is 6.92 Å². The second-order valence-corrected chi connectivity index (χ2v) is 5.37. The van der Waals surface area contributed by atoms with Crippen LogP contribution in [0.15, 0.2) is 33.6 Å². The van der Waals surface area contributed by atoms with Gasteiger partial charge < -0.3 is 10.1 Å². The van der Waals surface area contributed by atoms with Gasteiger partial charge in [0.15, 0.2) is 0 Å². The van der Waals surface area contributed by atoms with Crippen molar-refractivity contribution in [3.05, 3.63) is 28.7 Å². The lowest BCUT2D eigenvalue weighted by atomic mass is 10.3. The lowest BCUT2D eigenvalue weighted by molar-refractivity contribution is -0.144. The molecule has 0 aliphatic heterocycles. The van der Waals surface area contributed by atoms with Gasteiger partial charge in [0.05, 0.1) is 6.61 Å². The van der Waals surface area contributed by atoms with Crippen LogP contribution in [-0.2, 0) is 9.53 Å². The summed E-state index contributed by atoms with van der Waals surface area (Å²) >= 11 is 5.02. The van der Waals surface area contributed by atoms with Crippen molar-refractivity contribution in [2.75, 3.05) is 19.4 Å². The van der Waals surface area contributed by atoms with E-state index in [-0.39, 0.29) is 12.0 Å². The van der Waals surface area contributed by atoms with Gasteiger partial charge >= 0.3 is 5.97 Å². The number of rotatable bonds is 6. The predicted octanol–water partition coefficient (Wildman–Crippen LogP) is 2.69. The average Bonchev–Trinajstić information content (AvgIpc) is 2.32. The van der Waals surface area contributed by atoms with E-state index in [9.17, 15) is 4.79 Å². The molecule has 3 nitrogen and oxygen atoms in total. The standard InChI is InChI=1S/C12H16BrNO2S/c1-3-16-12(15)11(14-2)8-17-10-6-4-9(13)5-7-10/h4-7,11,14H,3,8H2,1-2H3/t11-/m1/s1. The Morgan fingerprint density at radius 3 is 2.65 bits per heavy atom. The van der Waals surface area contributed by atoms with Crippen LogP contribution in [0.4, 0.5) is 0 Å². The average molecular weight is 318 g/mol. The first kappa shape index (κ1) is 14.5. The zero-order valence-electron chi connectivity index (χ0n) is 9.90. The molecular formula is C12H16BrNO2S. The van der Waals surface area contributed by atoms with Crippen LogP contribution in [-0.4, -0.2) is 31.4 Å². The Kier molecular flexibility index (Phi) is 6.62. The maximum Gasteiger partial charge on any atom is 0.323 e. The Balaban J connectivity index is 2.47. The quantitative estimate of drug-likeness (QED) is 0.646. The summed E-state index contributed by atoms with van der Waals surface area (Å²) in [4.78, 5) is 12.7. The molecule has 0 amide bonds. The molecule has 0 unspecified atom stereocenters. The molecule has 0 radical (unpaired) electrons. The van der Waals surface area contributed by atoms with Gasteiger partial charge in [0.25, 0.3) is 0 Å². The molecule has 94 valence electrons. The summed E-state index contributed by atoms with van der Waals surface area (Å²) < 4.78 is 6.03. The minimum Gasteiger partial charge on any atom is -0.465 e. The second kappa shape index (κ2) is 7.74. The van der Waals surface area contributed by atoms with Crippen molar-refractivity contribution in [3.63, 3.8) is 0 Å². The third-order valence-corrected chi connectivity index (χ3v) is 3.78. The monoisotopic (exact) mass is 317 g/mol. The topological polar surface area (TPSA) is 38.3 Å². The molecule has 0 aliphatic rings. The first-order valence-corrected chi connectivity index (χ1v) is 7.17. The molecule has 1 atom stereocenters. The smallest absolute Gasteiger partial charge is 0.323 e. The normalized spacial score (nSPS) is 12.2. The number of nitrogens with one attached hydrogen (secondary N) is 1. The number of ether oxygens (including phenoxy) is 1. The van der Waals surface area contributed by atoms with Gasteiger partial charge in [0.2, 0.25) is 0 Å². The SMILES string of the molecule is CCOC(=O)[C@@H](CSc1ccc(Br)cc1)NC. The number of thioether (sulfide) groups is 1. The third kappa shape index (κ3) is 5.10. The fourth-order valence-electron chi connectivity index (χ4n) is 1.22. The van der Waals surface area contributed by atoms with Gasteiger partial charge in [0, 0.05) is 15.1 Å². The van der Waals surface area contributed by atoms with Gasteiger partial charge in [-0.3, -0.25) is 4.79 Å². The number of hydrogen-bond acceptors (Lipinski definition) is 4. The highest BCUT2D eigenvalue weighted by atomic mass is 79.9. The van der Waals surface area contributed by atoms with Crippen molar-refractivity contribution < 1.29 is 9.53 Å². The highest BCUT2D eigenvalue weighted by Gasteiger charge is 2.17. The van der Waals surface area contributed by atoms with Crippen molar-refractivity contribution in [1.29, 1.82) is 0 Å². The summed E-state index contributed by atoms with van der Waals surface area (Å²) in [5, 5.41) is 2.96. The number of hydrogen-bond donors (Lipinski definition) is 1. The van der Waals surface area contributed by atoms with E-state index in [0.717, 1.165) is 9.37 Å². The first-order chi connectivity index (χ1) is 8.17. The van der Waals surface area contributed by atoms with Gasteiger partial charge in [-0.25, -0.2) is 0 Å². The van der Waals surface area contributed by atoms with Crippen LogP contribution < -0.4 is 5.32 Å². The maximum atomic E-state index is 11.5. The molecule has 17 heavy (non-hydrogen) atoms. The summed E-state index contributed by atoms with van der Waals surface area (Å²) in [7, 11) is 1.77. The molecule has 0 bridgehead atoms. The van der Waals surface area contributed by atoms with E-state index in [1.165, 1.54) is 0 Å².